The highest BCUT2D eigenvalue weighted by Gasteiger charge is 2.23. The molecular weight excluding hydrogens is 390 g/mol. The van der Waals surface area contributed by atoms with Crippen LogP contribution < -0.4 is 10.5 Å². The van der Waals surface area contributed by atoms with Crippen molar-refractivity contribution >= 4 is 31.6 Å². The van der Waals surface area contributed by atoms with E-state index in [0.717, 1.165) is 31.7 Å². The average molecular weight is 410 g/mol. The molecule has 1 heterocycles. The number of hydrogen-bond donors (Lipinski definition) is 2. The molecule has 7 heteroatoms. The maximum atomic E-state index is 11.4. The summed E-state index contributed by atoms with van der Waals surface area (Å²) in [5.41, 5.74) is 2.20. The molecular formula is C17H20BrN3O2S. The Bertz CT molecular complexity index is 812. The van der Waals surface area contributed by atoms with Crippen molar-refractivity contribution in [2.75, 3.05) is 18.4 Å². The van der Waals surface area contributed by atoms with Gasteiger partial charge in [-0.1, -0.05) is 30.3 Å². The van der Waals surface area contributed by atoms with Crippen LogP contribution in [0.2, 0.25) is 0 Å². The smallest absolute Gasteiger partial charge is 0.238 e. The van der Waals surface area contributed by atoms with E-state index in [1.54, 1.807) is 6.07 Å². The van der Waals surface area contributed by atoms with Gasteiger partial charge in [0.25, 0.3) is 0 Å². The molecule has 0 bridgehead atoms. The second-order valence-electron chi connectivity index (χ2n) is 6.04. The van der Waals surface area contributed by atoms with Crippen LogP contribution in [-0.2, 0) is 16.6 Å². The van der Waals surface area contributed by atoms with Gasteiger partial charge in [0, 0.05) is 35.8 Å². The van der Waals surface area contributed by atoms with Crippen molar-refractivity contribution in [3.8, 4) is 0 Å². The highest BCUT2D eigenvalue weighted by atomic mass is 79.9. The van der Waals surface area contributed by atoms with Crippen LogP contribution in [-0.4, -0.2) is 32.4 Å². The van der Waals surface area contributed by atoms with E-state index in [1.165, 1.54) is 17.7 Å². The van der Waals surface area contributed by atoms with Crippen molar-refractivity contribution in [2.45, 2.75) is 23.9 Å². The van der Waals surface area contributed by atoms with Gasteiger partial charge in [-0.15, -0.1) is 0 Å². The molecule has 3 rings (SSSR count). The van der Waals surface area contributed by atoms with Gasteiger partial charge in [0.2, 0.25) is 10.0 Å². The van der Waals surface area contributed by atoms with Gasteiger partial charge in [-0.05, 0) is 46.1 Å². The minimum absolute atomic E-state index is 0.108. The van der Waals surface area contributed by atoms with Gasteiger partial charge in [0.15, 0.2) is 0 Å². The first-order valence-electron chi connectivity index (χ1n) is 7.77. The monoisotopic (exact) mass is 409 g/mol. The molecule has 1 unspecified atom stereocenters. The maximum Gasteiger partial charge on any atom is 0.238 e. The quantitative estimate of drug-likeness (QED) is 0.795. The number of hydrogen-bond acceptors (Lipinski definition) is 4. The first-order chi connectivity index (χ1) is 11.4. The topological polar surface area (TPSA) is 75.4 Å². The lowest BCUT2D eigenvalue weighted by molar-refractivity contribution is 0.328. The van der Waals surface area contributed by atoms with Crippen LogP contribution in [0.5, 0.6) is 0 Å². The molecule has 5 nitrogen and oxygen atoms in total. The fraction of sp³-hybridized carbons (Fsp3) is 0.294. The van der Waals surface area contributed by atoms with Crippen molar-refractivity contribution in [1.82, 2.24) is 4.90 Å². The third-order valence-electron chi connectivity index (χ3n) is 4.15. The van der Waals surface area contributed by atoms with Crippen LogP contribution in [0.4, 0.5) is 5.69 Å². The third kappa shape index (κ3) is 4.36. The zero-order chi connectivity index (χ0) is 17.2. The molecule has 1 fully saturated rings. The number of likely N-dealkylation sites (tertiary alicyclic amines) is 1. The molecule has 2 aromatic carbocycles. The molecule has 1 saturated heterocycles. The van der Waals surface area contributed by atoms with Gasteiger partial charge in [0.05, 0.1) is 4.90 Å². The van der Waals surface area contributed by atoms with Crippen LogP contribution in [0.1, 0.15) is 12.0 Å². The van der Waals surface area contributed by atoms with Crippen LogP contribution in [0.25, 0.3) is 0 Å². The van der Waals surface area contributed by atoms with E-state index in [0.29, 0.717) is 10.5 Å². The van der Waals surface area contributed by atoms with E-state index < -0.39 is 10.0 Å². The highest BCUT2D eigenvalue weighted by Crippen LogP contribution is 2.27. The Hall–Kier alpha value is -1.41. The summed E-state index contributed by atoms with van der Waals surface area (Å²) < 4.78 is 23.5. The lowest BCUT2D eigenvalue weighted by Gasteiger charge is -2.18. The van der Waals surface area contributed by atoms with Crippen LogP contribution in [0.15, 0.2) is 57.9 Å². The number of rotatable bonds is 5. The fourth-order valence-corrected chi connectivity index (χ4v) is 4.13. The molecule has 1 aliphatic heterocycles. The lowest BCUT2D eigenvalue weighted by atomic mass is 10.2. The minimum atomic E-state index is -3.68. The van der Waals surface area contributed by atoms with Gasteiger partial charge in [-0.2, -0.15) is 0 Å². The van der Waals surface area contributed by atoms with Gasteiger partial charge < -0.3 is 5.32 Å². The number of nitrogens with one attached hydrogen (secondary N) is 1. The molecule has 2 aromatic rings. The van der Waals surface area contributed by atoms with Crippen molar-refractivity contribution in [2.24, 2.45) is 5.14 Å². The van der Waals surface area contributed by atoms with Crippen molar-refractivity contribution in [3.63, 3.8) is 0 Å². The molecule has 0 aliphatic carbocycles. The number of benzene rings is 2. The van der Waals surface area contributed by atoms with Crippen LogP contribution >= 0.6 is 15.9 Å². The number of halogens is 1. The Morgan fingerprint density at radius 2 is 1.96 bits per heavy atom. The predicted octanol–water partition coefficient (Wildman–Crippen LogP) is 2.78. The summed E-state index contributed by atoms with van der Waals surface area (Å²) >= 11 is 3.42. The summed E-state index contributed by atoms with van der Waals surface area (Å²) in [6.07, 6.45) is 1.05. The molecule has 1 aliphatic rings. The Labute approximate surface area is 151 Å². The molecule has 0 radical (unpaired) electrons. The van der Waals surface area contributed by atoms with Crippen LogP contribution in [0.3, 0.4) is 0 Å². The van der Waals surface area contributed by atoms with E-state index >= 15 is 0 Å². The fourth-order valence-electron chi connectivity index (χ4n) is 2.95. The SMILES string of the molecule is NS(=O)(=O)c1ccc(NC2CCN(Cc3ccccc3)C2)c(Br)c1. The predicted molar refractivity (Wildman–Crippen MR) is 99.3 cm³/mol. The zero-order valence-electron chi connectivity index (χ0n) is 13.2. The largest absolute Gasteiger partial charge is 0.380 e. The number of primary sulfonamides is 1. The van der Waals surface area contributed by atoms with Gasteiger partial charge >= 0.3 is 0 Å². The normalized spacial score (nSPS) is 18.7. The number of nitrogens with two attached hydrogens (primary N) is 1. The van der Waals surface area contributed by atoms with Gasteiger partial charge in [-0.25, -0.2) is 13.6 Å². The second-order valence-corrected chi connectivity index (χ2v) is 8.45. The molecule has 0 spiro atoms. The second kappa shape index (κ2) is 7.23. The standard InChI is InChI=1S/C17H20BrN3O2S/c18-16-10-15(24(19,22)23)6-7-17(16)20-14-8-9-21(12-14)11-13-4-2-1-3-5-13/h1-7,10,14,20H,8-9,11-12H2,(H2,19,22,23). The molecule has 128 valence electrons. The number of anilines is 1. The lowest BCUT2D eigenvalue weighted by Crippen LogP contribution is -2.26. The first kappa shape index (κ1) is 17.4. The first-order valence-corrected chi connectivity index (χ1v) is 10.1. The number of sulfonamides is 1. The molecule has 1 atom stereocenters. The Balaban J connectivity index is 1.61. The Kier molecular flexibility index (Phi) is 5.24. The third-order valence-corrected chi connectivity index (χ3v) is 5.72. The highest BCUT2D eigenvalue weighted by molar-refractivity contribution is 9.10. The molecule has 3 N–H and O–H groups in total. The summed E-state index contributed by atoms with van der Waals surface area (Å²) in [4.78, 5) is 2.52. The molecule has 0 aromatic heterocycles. The van der Waals surface area contributed by atoms with Crippen molar-refractivity contribution in [3.05, 3.63) is 58.6 Å². The molecule has 0 amide bonds. The molecule has 24 heavy (non-hydrogen) atoms. The van der Waals surface area contributed by atoms with Gasteiger partial charge in [0.1, 0.15) is 0 Å². The Morgan fingerprint density at radius 3 is 2.62 bits per heavy atom. The summed E-state index contributed by atoms with van der Waals surface area (Å²) in [5.74, 6) is 0. The van der Waals surface area contributed by atoms with E-state index in [9.17, 15) is 8.42 Å². The summed E-state index contributed by atoms with van der Waals surface area (Å²) in [6, 6.07) is 15.6. The summed E-state index contributed by atoms with van der Waals surface area (Å²) in [7, 11) is -3.68. The van der Waals surface area contributed by atoms with E-state index in [-0.39, 0.29) is 4.90 Å². The summed E-state index contributed by atoms with van der Waals surface area (Å²) in [6.45, 7) is 2.95. The van der Waals surface area contributed by atoms with E-state index in [2.05, 4.69) is 50.4 Å². The average Bonchev–Trinajstić information content (AvgIpc) is 2.96. The maximum absolute atomic E-state index is 11.4. The van der Waals surface area contributed by atoms with Crippen LogP contribution in [0, 0.1) is 0 Å². The van der Waals surface area contributed by atoms with E-state index in [4.69, 9.17) is 5.14 Å². The van der Waals surface area contributed by atoms with E-state index in [1.807, 2.05) is 6.07 Å². The Morgan fingerprint density at radius 1 is 1.21 bits per heavy atom. The minimum Gasteiger partial charge on any atom is -0.380 e. The van der Waals surface area contributed by atoms with Crippen molar-refractivity contribution < 1.29 is 8.42 Å². The summed E-state index contributed by atoms with van der Waals surface area (Å²) in [5, 5.41) is 8.63. The van der Waals surface area contributed by atoms with Gasteiger partial charge in [-0.3, -0.25) is 4.90 Å². The molecule has 0 saturated carbocycles. The van der Waals surface area contributed by atoms with Crippen molar-refractivity contribution in [1.29, 1.82) is 0 Å². The number of nitrogens with zero attached hydrogens (tertiary/aromatic N) is 1. The zero-order valence-corrected chi connectivity index (χ0v) is 15.6.